The number of nitrogens with zero attached hydrogens (tertiary/aromatic N) is 1. The molecular formula is C13H19N3OS. The van der Waals surface area contributed by atoms with Crippen molar-refractivity contribution in [2.45, 2.75) is 24.5 Å². The van der Waals surface area contributed by atoms with Crippen LogP contribution in [0.3, 0.4) is 0 Å². The van der Waals surface area contributed by atoms with E-state index >= 15 is 0 Å². The fourth-order valence-corrected chi connectivity index (χ4v) is 2.60. The van der Waals surface area contributed by atoms with Gasteiger partial charge in [0.15, 0.2) is 0 Å². The average Bonchev–Trinajstić information content (AvgIpc) is 3.16. The lowest BCUT2D eigenvalue weighted by atomic mass is 10.2. The monoisotopic (exact) mass is 265 g/mol. The fourth-order valence-electron chi connectivity index (χ4n) is 1.88. The molecule has 0 spiro atoms. The first-order valence-electron chi connectivity index (χ1n) is 6.08. The predicted octanol–water partition coefficient (Wildman–Crippen LogP) is 2.06. The molecule has 0 bridgehead atoms. The normalized spacial score (nSPS) is 16.2. The summed E-state index contributed by atoms with van der Waals surface area (Å²) in [6.07, 6.45) is 6.12. The molecule has 0 saturated heterocycles. The number of aryl methyl sites for hydroxylation is 1. The average molecular weight is 265 g/mol. The van der Waals surface area contributed by atoms with Crippen LogP contribution in [0.25, 0.3) is 0 Å². The largest absolute Gasteiger partial charge is 0.387 e. The zero-order valence-electron chi connectivity index (χ0n) is 11.0. The molecule has 1 aromatic rings. The minimum Gasteiger partial charge on any atom is -0.387 e. The summed E-state index contributed by atoms with van der Waals surface area (Å²) in [4.78, 5) is 16.3. The lowest BCUT2D eigenvalue weighted by Crippen LogP contribution is -2.32. The maximum Gasteiger partial charge on any atom is 0.255 e. The van der Waals surface area contributed by atoms with Crippen molar-refractivity contribution in [1.29, 1.82) is 0 Å². The number of pyridine rings is 1. The molecule has 0 aromatic carbocycles. The van der Waals surface area contributed by atoms with Crippen LogP contribution in [0.5, 0.6) is 0 Å². The Hall–Kier alpha value is -1.23. The van der Waals surface area contributed by atoms with E-state index < -0.39 is 0 Å². The summed E-state index contributed by atoms with van der Waals surface area (Å²) in [5, 5.41) is 6.05. The van der Waals surface area contributed by atoms with Crippen LogP contribution in [0.15, 0.2) is 12.3 Å². The quantitative estimate of drug-likeness (QED) is 0.855. The van der Waals surface area contributed by atoms with Gasteiger partial charge in [-0.25, -0.2) is 0 Å². The van der Waals surface area contributed by atoms with Crippen LogP contribution in [-0.4, -0.2) is 35.5 Å². The molecule has 18 heavy (non-hydrogen) atoms. The second kappa shape index (κ2) is 5.18. The smallest absolute Gasteiger partial charge is 0.255 e. The molecule has 1 aliphatic carbocycles. The summed E-state index contributed by atoms with van der Waals surface area (Å²) >= 11 is 1.84. The van der Waals surface area contributed by atoms with Gasteiger partial charge in [0.1, 0.15) is 0 Å². The molecule has 1 saturated carbocycles. The van der Waals surface area contributed by atoms with E-state index in [0.717, 1.165) is 17.9 Å². The molecule has 5 heteroatoms. The van der Waals surface area contributed by atoms with Crippen LogP contribution in [0.4, 0.5) is 5.69 Å². The Balaban J connectivity index is 2.04. The molecule has 4 nitrogen and oxygen atoms in total. The van der Waals surface area contributed by atoms with E-state index in [1.54, 1.807) is 6.20 Å². The Labute approximate surface area is 112 Å². The molecule has 0 radical (unpaired) electrons. The zero-order valence-corrected chi connectivity index (χ0v) is 11.9. The molecule has 0 atom stereocenters. The number of hydrogen-bond donors (Lipinski definition) is 2. The van der Waals surface area contributed by atoms with Gasteiger partial charge in [0.25, 0.3) is 5.91 Å². The van der Waals surface area contributed by atoms with E-state index in [0.29, 0.717) is 5.56 Å². The van der Waals surface area contributed by atoms with Crippen molar-refractivity contribution < 1.29 is 4.79 Å². The molecule has 1 aliphatic rings. The molecular weight excluding hydrogens is 246 g/mol. The molecule has 1 fully saturated rings. The highest BCUT2D eigenvalue weighted by atomic mass is 32.2. The van der Waals surface area contributed by atoms with Crippen molar-refractivity contribution >= 4 is 23.4 Å². The molecule has 0 aliphatic heterocycles. The SMILES string of the molecule is CNc1cc(C)ncc1C(=O)NCC1(SC)CC1. The number of rotatable bonds is 5. The van der Waals surface area contributed by atoms with E-state index in [1.165, 1.54) is 12.8 Å². The van der Waals surface area contributed by atoms with Crippen molar-refractivity contribution in [3.63, 3.8) is 0 Å². The predicted molar refractivity (Wildman–Crippen MR) is 76.3 cm³/mol. The van der Waals surface area contributed by atoms with Gasteiger partial charge in [0.05, 0.1) is 11.3 Å². The summed E-state index contributed by atoms with van der Waals surface area (Å²) in [5.74, 6) is -0.0489. The van der Waals surface area contributed by atoms with Crippen LogP contribution in [0.1, 0.15) is 28.9 Å². The molecule has 2 rings (SSSR count). The summed E-state index contributed by atoms with van der Waals surface area (Å²) in [5.41, 5.74) is 2.34. The standard InChI is InChI=1S/C13H19N3OS/c1-9-6-11(14-2)10(7-15-9)12(17)16-8-13(18-3)4-5-13/h6-7H,4-5,8H2,1-3H3,(H,14,15)(H,16,17). The second-order valence-corrected chi connectivity index (χ2v) is 5.97. The van der Waals surface area contributed by atoms with Crippen molar-refractivity contribution in [2.24, 2.45) is 0 Å². The lowest BCUT2D eigenvalue weighted by molar-refractivity contribution is 0.0953. The Morgan fingerprint density at radius 3 is 2.83 bits per heavy atom. The van der Waals surface area contributed by atoms with Gasteiger partial charge in [-0.3, -0.25) is 9.78 Å². The summed E-state index contributed by atoms with van der Waals surface area (Å²) in [7, 11) is 1.82. The molecule has 1 aromatic heterocycles. The summed E-state index contributed by atoms with van der Waals surface area (Å²) in [6, 6.07) is 1.89. The van der Waals surface area contributed by atoms with Gasteiger partial charge in [-0.1, -0.05) is 0 Å². The maximum absolute atomic E-state index is 12.1. The van der Waals surface area contributed by atoms with Gasteiger partial charge in [-0.05, 0) is 32.1 Å². The number of amides is 1. The number of anilines is 1. The lowest BCUT2D eigenvalue weighted by Gasteiger charge is -2.14. The molecule has 0 unspecified atom stereocenters. The van der Waals surface area contributed by atoms with Crippen LogP contribution < -0.4 is 10.6 Å². The van der Waals surface area contributed by atoms with Crippen LogP contribution in [0.2, 0.25) is 0 Å². The minimum absolute atomic E-state index is 0.0489. The minimum atomic E-state index is -0.0489. The van der Waals surface area contributed by atoms with E-state index in [1.807, 2.05) is 31.8 Å². The number of carbonyl (C=O) groups excluding carboxylic acids is 1. The number of carbonyl (C=O) groups is 1. The Bertz CT molecular complexity index is 458. The maximum atomic E-state index is 12.1. The van der Waals surface area contributed by atoms with E-state index in [4.69, 9.17) is 0 Å². The fraction of sp³-hybridized carbons (Fsp3) is 0.538. The first-order valence-corrected chi connectivity index (χ1v) is 7.30. The van der Waals surface area contributed by atoms with E-state index in [9.17, 15) is 4.79 Å². The van der Waals surface area contributed by atoms with Crippen LogP contribution in [-0.2, 0) is 0 Å². The highest BCUT2D eigenvalue weighted by Gasteiger charge is 2.42. The number of nitrogens with one attached hydrogen (secondary N) is 2. The molecule has 1 amide bonds. The highest BCUT2D eigenvalue weighted by Crippen LogP contribution is 2.46. The van der Waals surface area contributed by atoms with Gasteiger partial charge in [-0.15, -0.1) is 0 Å². The van der Waals surface area contributed by atoms with Crippen molar-refractivity contribution in [2.75, 3.05) is 25.2 Å². The van der Waals surface area contributed by atoms with Crippen molar-refractivity contribution in [3.05, 3.63) is 23.5 Å². The Morgan fingerprint density at radius 1 is 1.56 bits per heavy atom. The first kappa shape index (κ1) is 13.2. The third-order valence-corrected chi connectivity index (χ3v) is 4.79. The Kier molecular flexibility index (Phi) is 3.80. The number of hydrogen-bond acceptors (Lipinski definition) is 4. The van der Waals surface area contributed by atoms with Gasteiger partial charge in [0, 0.05) is 30.2 Å². The van der Waals surface area contributed by atoms with Gasteiger partial charge in [-0.2, -0.15) is 11.8 Å². The summed E-state index contributed by atoms with van der Waals surface area (Å²) < 4.78 is 0.285. The van der Waals surface area contributed by atoms with Crippen LogP contribution in [0, 0.1) is 6.92 Å². The Morgan fingerprint density at radius 2 is 2.28 bits per heavy atom. The molecule has 1 heterocycles. The molecule has 98 valence electrons. The first-order chi connectivity index (χ1) is 8.60. The number of aromatic nitrogens is 1. The van der Waals surface area contributed by atoms with E-state index in [-0.39, 0.29) is 10.7 Å². The van der Waals surface area contributed by atoms with Crippen molar-refractivity contribution in [1.82, 2.24) is 10.3 Å². The van der Waals surface area contributed by atoms with Crippen LogP contribution >= 0.6 is 11.8 Å². The van der Waals surface area contributed by atoms with Gasteiger partial charge >= 0.3 is 0 Å². The van der Waals surface area contributed by atoms with E-state index in [2.05, 4.69) is 21.9 Å². The van der Waals surface area contributed by atoms with Gasteiger partial charge in [0.2, 0.25) is 0 Å². The zero-order chi connectivity index (χ0) is 13.2. The third-order valence-electron chi connectivity index (χ3n) is 3.37. The van der Waals surface area contributed by atoms with Gasteiger partial charge < -0.3 is 10.6 Å². The third kappa shape index (κ3) is 2.77. The van der Waals surface area contributed by atoms with Crippen molar-refractivity contribution in [3.8, 4) is 0 Å². The second-order valence-electron chi connectivity index (χ2n) is 4.69. The highest BCUT2D eigenvalue weighted by molar-refractivity contribution is 8.00. The molecule has 2 N–H and O–H groups in total. The number of thioether (sulfide) groups is 1. The summed E-state index contributed by atoms with van der Waals surface area (Å²) in [6.45, 7) is 2.65. The topological polar surface area (TPSA) is 54.0 Å².